The molecule has 0 bridgehead atoms. The standard InChI is InChI=1S/C27H31F3N6O3/c1-16(2)36-23-20-13-17(5-7-21(20)32-33-25(23)34(3)26(36)37)18-6-8-22(31-14-18)24(27(28,29)30)39-12-11-35-10-9-19(15-35)38-4/h5-8,13-14,16,19,24H,9-12,15H2,1-4H3. The lowest BCUT2D eigenvalue weighted by Gasteiger charge is -2.22. The highest BCUT2D eigenvalue weighted by molar-refractivity contribution is 6.02. The topological polar surface area (TPSA) is 87.3 Å². The lowest BCUT2D eigenvalue weighted by atomic mass is 10.0. The highest BCUT2D eigenvalue weighted by Gasteiger charge is 2.43. The van der Waals surface area contributed by atoms with Crippen molar-refractivity contribution >= 4 is 22.1 Å². The SMILES string of the molecule is COC1CCN(CCOC(c2ccc(-c3ccc4nnc5c(c4c3)n(C(C)C)c(=O)n5C)cn2)C(F)(F)F)C1. The van der Waals surface area contributed by atoms with E-state index in [0.29, 0.717) is 35.3 Å². The highest BCUT2D eigenvalue weighted by Crippen LogP contribution is 2.36. The predicted octanol–water partition coefficient (Wildman–Crippen LogP) is 4.27. The number of benzene rings is 1. The Hall–Kier alpha value is -3.35. The van der Waals surface area contributed by atoms with Crippen molar-refractivity contribution in [1.82, 2.24) is 29.2 Å². The summed E-state index contributed by atoms with van der Waals surface area (Å²) in [6.45, 7) is 5.61. The Bertz CT molecular complexity index is 1530. The van der Waals surface area contributed by atoms with E-state index in [1.165, 1.54) is 16.8 Å². The van der Waals surface area contributed by atoms with Gasteiger partial charge in [0.15, 0.2) is 11.8 Å². The molecule has 12 heteroatoms. The van der Waals surface area contributed by atoms with Gasteiger partial charge in [-0.25, -0.2) is 4.79 Å². The zero-order valence-electron chi connectivity index (χ0n) is 22.3. The molecule has 1 aromatic carbocycles. The van der Waals surface area contributed by atoms with Gasteiger partial charge in [0, 0.05) is 57.0 Å². The molecule has 2 unspecified atom stereocenters. The molecule has 1 fully saturated rings. The zero-order valence-corrected chi connectivity index (χ0v) is 22.3. The molecule has 39 heavy (non-hydrogen) atoms. The Morgan fingerprint density at radius 1 is 1.13 bits per heavy atom. The first-order chi connectivity index (χ1) is 18.6. The highest BCUT2D eigenvalue weighted by atomic mass is 19.4. The van der Waals surface area contributed by atoms with Crippen LogP contribution in [0, 0.1) is 0 Å². The van der Waals surface area contributed by atoms with Crippen LogP contribution in [0.15, 0.2) is 41.3 Å². The van der Waals surface area contributed by atoms with Gasteiger partial charge < -0.3 is 9.47 Å². The van der Waals surface area contributed by atoms with Crippen molar-refractivity contribution in [3.8, 4) is 11.1 Å². The average Bonchev–Trinajstić information content (AvgIpc) is 3.48. The van der Waals surface area contributed by atoms with Gasteiger partial charge in [0.2, 0.25) is 0 Å². The third kappa shape index (κ3) is 5.28. The van der Waals surface area contributed by atoms with Crippen molar-refractivity contribution in [2.45, 2.75) is 44.7 Å². The summed E-state index contributed by atoms with van der Waals surface area (Å²) in [6.07, 6.45) is -4.35. The Kier molecular flexibility index (Phi) is 7.45. The molecule has 1 saturated heterocycles. The fraction of sp³-hybridized carbons (Fsp3) is 0.481. The van der Waals surface area contributed by atoms with E-state index in [0.717, 1.165) is 23.9 Å². The number of aryl methyl sites for hydroxylation is 1. The summed E-state index contributed by atoms with van der Waals surface area (Å²) < 4.78 is 55.3. The number of halogens is 3. The van der Waals surface area contributed by atoms with E-state index in [4.69, 9.17) is 9.47 Å². The van der Waals surface area contributed by atoms with Crippen LogP contribution in [0.5, 0.6) is 0 Å². The summed E-state index contributed by atoms with van der Waals surface area (Å²) in [6, 6.07) is 8.29. The third-order valence-corrected chi connectivity index (χ3v) is 7.22. The van der Waals surface area contributed by atoms with Crippen LogP contribution in [0.3, 0.4) is 0 Å². The number of fused-ring (bicyclic) bond motifs is 3. The van der Waals surface area contributed by atoms with Crippen molar-refractivity contribution in [1.29, 1.82) is 0 Å². The van der Waals surface area contributed by atoms with E-state index in [-0.39, 0.29) is 30.1 Å². The fourth-order valence-electron chi connectivity index (χ4n) is 5.12. The molecule has 0 amide bonds. The lowest BCUT2D eigenvalue weighted by molar-refractivity contribution is -0.225. The van der Waals surface area contributed by atoms with Gasteiger partial charge in [0.05, 0.1) is 23.9 Å². The Morgan fingerprint density at radius 3 is 2.54 bits per heavy atom. The molecule has 1 aliphatic heterocycles. The lowest BCUT2D eigenvalue weighted by Crippen LogP contribution is -2.30. The summed E-state index contributed by atoms with van der Waals surface area (Å²) in [5.74, 6) is 0. The number of rotatable bonds is 8. The van der Waals surface area contributed by atoms with Gasteiger partial charge in [-0.05, 0) is 44.0 Å². The molecular weight excluding hydrogens is 513 g/mol. The number of imidazole rings is 1. The Balaban J connectivity index is 1.41. The summed E-state index contributed by atoms with van der Waals surface area (Å²) in [5, 5.41) is 9.22. The number of likely N-dealkylation sites (tertiary alicyclic amines) is 1. The third-order valence-electron chi connectivity index (χ3n) is 7.22. The molecule has 1 aliphatic rings. The quantitative estimate of drug-likeness (QED) is 0.328. The molecular formula is C27H31F3N6O3. The molecule has 9 nitrogen and oxygen atoms in total. The van der Waals surface area contributed by atoms with E-state index < -0.39 is 12.3 Å². The molecule has 5 rings (SSSR count). The average molecular weight is 545 g/mol. The molecule has 0 aliphatic carbocycles. The minimum atomic E-state index is -4.60. The maximum absolute atomic E-state index is 13.9. The second-order valence-electron chi connectivity index (χ2n) is 10.1. The first-order valence-corrected chi connectivity index (χ1v) is 12.9. The number of hydrogen-bond donors (Lipinski definition) is 0. The van der Waals surface area contributed by atoms with Crippen molar-refractivity contribution in [2.24, 2.45) is 7.05 Å². The van der Waals surface area contributed by atoms with Crippen LogP contribution in [0.25, 0.3) is 33.2 Å². The minimum absolute atomic E-state index is 0.0691. The van der Waals surface area contributed by atoms with Crippen molar-refractivity contribution in [3.63, 3.8) is 0 Å². The first kappa shape index (κ1) is 27.2. The monoisotopic (exact) mass is 544 g/mol. The summed E-state index contributed by atoms with van der Waals surface area (Å²) in [7, 11) is 3.29. The smallest absolute Gasteiger partial charge is 0.380 e. The van der Waals surface area contributed by atoms with E-state index >= 15 is 0 Å². The van der Waals surface area contributed by atoms with Crippen LogP contribution in [-0.4, -0.2) is 74.8 Å². The van der Waals surface area contributed by atoms with Crippen molar-refractivity contribution < 1.29 is 22.6 Å². The van der Waals surface area contributed by atoms with Crippen LogP contribution in [-0.2, 0) is 16.5 Å². The summed E-state index contributed by atoms with van der Waals surface area (Å²) in [5.41, 5.74) is 2.69. The van der Waals surface area contributed by atoms with Gasteiger partial charge in [0.25, 0.3) is 0 Å². The van der Waals surface area contributed by atoms with Crippen molar-refractivity contribution in [2.75, 3.05) is 33.4 Å². The second-order valence-corrected chi connectivity index (χ2v) is 10.1. The van der Waals surface area contributed by atoms with Gasteiger partial charge in [-0.15, -0.1) is 10.2 Å². The van der Waals surface area contributed by atoms with E-state index in [9.17, 15) is 18.0 Å². The minimum Gasteiger partial charge on any atom is -0.380 e. The Morgan fingerprint density at radius 2 is 1.90 bits per heavy atom. The van der Waals surface area contributed by atoms with Gasteiger partial charge in [-0.3, -0.25) is 19.0 Å². The van der Waals surface area contributed by atoms with Crippen LogP contribution >= 0.6 is 0 Å². The number of nitrogens with zero attached hydrogens (tertiary/aromatic N) is 6. The molecule has 2 atom stereocenters. The van der Waals surface area contributed by atoms with Crippen molar-refractivity contribution in [3.05, 3.63) is 52.7 Å². The summed E-state index contributed by atoms with van der Waals surface area (Å²) in [4.78, 5) is 19.0. The summed E-state index contributed by atoms with van der Waals surface area (Å²) >= 11 is 0. The van der Waals surface area contributed by atoms with Crippen LogP contribution in [0.1, 0.15) is 38.1 Å². The molecule has 0 saturated carbocycles. The number of ether oxygens (including phenoxy) is 2. The fourth-order valence-corrected chi connectivity index (χ4v) is 5.12. The van der Waals surface area contributed by atoms with Crippen LogP contribution < -0.4 is 5.69 Å². The van der Waals surface area contributed by atoms with E-state index in [1.807, 2.05) is 24.8 Å². The van der Waals surface area contributed by atoms with Gasteiger partial charge in [0.1, 0.15) is 5.52 Å². The molecule has 4 aromatic rings. The van der Waals surface area contributed by atoms with E-state index in [2.05, 4.69) is 15.2 Å². The molecule has 3 aromatic heterocycles. The molecule has 0 N–H and O–H groups in total. The van der Waals surface area contributed by atoms with Gasteiger partial charge >= 0.3 is 11.9 Å². The molecule has 0 spiro atoms. The van der Waals surface area contributed by atoms with Gasteiger partial charge in [-0.1, -0.05) is 12.1 Å². The molecule has 4 heterocycles. The number of aromatic nitrogens is 5. The van der Waals surface area contributed by atoms with Crippen LogP contribution in [0.4, 0.5) is 13.2 Å². The van der Waals surface area contributed by atoms with Crippen LogP contribution in [0.2, 0.25) is 0 Å². The zero-order chi connectivity index (χ0) is 27.9. The second kappa shape index (κ2) is 10.7. The van der Waals surface area contributed by atoms with Gasteiger partial charge in [-0.2, -0.15) is 13.2 Å². The maximum atomic E-state index is 13.9. The molecule has 0 radical (unpaired) electrons. The Labute approximate surface area is 223 Å². The maximum Gasteiger partial charge on any atom is 0.420 e. The number of methoxy groups -OCH3 is 1. The first-order valence-electron chi connectivity index (χ1n) is 12.9. The largest absolute Gasteiger partial charge is 0.420 e. The molecule has 208 valence electrons. The predicted molar refractivity (Wildman–Crippen MR) is 140 cm³/mol. The van der Waals surface area contributed by atoms with E-state index in [1.54, 1.807) is 36.9 Å². The number of hydrogen-bond acceptors (Lipinski definition) is 7. The number of pyridine rings is 1. The number of alkyl halides is 3. The normalized spacial score (nSPS) is 17.6.